The maximum absolute atomic E-state index is 10.8. The molecule has 0 saturated carbocycles. The van der Waals surface area contributed by atoms with E-state index in [2.05, 4.69) is 0 Å². The molecule has 0 aliphatic carbocycles. The number of carbonyl (C=O) groups is 1. The fraction of sp³-hybridized carbons (Fsp3) is 0.462. The summed E-state index contributed by atoms with van der Waals surface area (Å²) in [6, 6.07) is 6.93. The monoisotopic (exact) mass is 271 g/mol. The Balaban J connectivity index is 2.83. The van der Waals surface area contributed by atoms with Crippen LogP contribution in [0.1, 0.15) is 37.9 Å². The zero-order chi connectivity index (χ0) is 13.5. The molecule has 3 N–H and O–H groups in total. The standard InChI is InChI=1S/C13H18ClNO3/c1-2-3-8-11(18-13(15)17)12(16)9-6-4-5-7-10(9)14/h4-7,11-12,16H,2-3,8H2,1H3,(H2,15,17)/t11?,12-/m0/s1. The predicted molar refractivity (Wildman–Crippen MR) is 70.4 cm³/mol. The van der Waals surface area contributed by atoms with Crippen molar-refractivity contribution in [3.05, 3.63) is 34.9 Å². The normalized spacial score (nSPS) is 13.9. The summed E-state index contributed by atoms with van der Waals surface area (Å²) in [6.07, 6.45) is -0.193. The largest absolute Gasteiger partial charge is 0.443 e. The van der Waals surface area contributed by atoms with Crippen LogP contribution in [0.5, 0.6) is 0 Å². The smallest absolute Gasteiger partial charge is 0.404 e. The maximum atomic E-state index is 10.8. The summed E-state index contributed by atoms with van der Waals surface area (Å²) in [4.78, 5) is 10.8. The molecule has 0 bridgehead atoms. The molecule has 1 unspecified atom stereocenters. The first-order chi connectivity index (χ1) is 8.56. The zero-order valence-corrected chi connectivity index (χ0v) is 11.1. The number of ether oxygens (including phenoxy) is 1. The number of rotatable bonds is 6. The number of amides is 1. The number of benzene rings is 1. The van der Waals surface area contributed by atoms with Crippen LogP contribution in [-0.4, -0.2) is 17.3 Å². The molecular formula is C13H18ClNO3. The molecular weight excluding hydrogens is 254 g/mol. The zero-order valence-electron chi connectivity index (χ0n) is 10.3. The molecule has 0 aromatic heterocycles. The molecule has 0 saturated heterocycles. The van der Waals surface area contributed by atoms with Crippen molar-refractivity contribution in [3.8, 4) is 0 Å². The number of carbonyl (C=O) groups excluding carboxylic acids is 1. The Bertz CT molecular complexity index is 398. The van der Waals surface area contributed by atoms with Gasteiger partial charge in [-0.25, -0.2) is 4.79 Å². The van der Waals surface area contributed by atoms with Crippen LogP contribution in [0, 0.1) is 0 Å². The first kappa shape index (κ1) is 14.8. The van der Waals surface area contributed by atoms with E-state index < -0.39 is 18.3 Å². The summed E-state index contributed by atoms with van der Waals surface area (Å²) in [7, 11) is 0. The summed E-state index contributed by atoms with van der Waals surface area (Å²) in [5, 5.41) is 10.7. The van der Waals surface area contributed by atoms with E-state index in [9.17, 15) is 9.90 Å². The van der Waals surface area contributed by atoms with Crippen LogP contribution in [-0.2, 0) is 4.74 Å². The van der Waals surface area contributed by atoms with Crippen molar-refractivity contribution >= 4 is 17.7 Å². The van der Waals surface area contributed by atoms with Crippen molar-refractivity contribution in [1.82, 2.24) is 0 Å². The molecule has 0 aliphatic rings. The molecule has 0 aliphatic heterocycles. The quantitative estimate of drug-likeness (QED) is 0.835. The van der Waals surface area contributed by atoms with Crippen molar-refractivity contribution in [1.29, 1.82) is 0 Å². The molecule has 5 heteroatoms. The highest BCUT2D eigenvalue weighted by Gasteiger charge is 2.25. The predicted octanol–water partition coefficient (Wildman–Crippen LogP) is 3.03. The molecule has 0 spiro atoms. The lowest BCUT2D eigenvalue weighted by Gasteiger charge is -2.23. The average Bonchev–Trinajstić information content (AvgIpc) is 2.34. The summed E-state index contributed by atoms with van der Waals surface area (Å²) < 4.78 is 4.95. The molecule has 18 heavy (non-hydrogen) atoms. The molecule has 4 nitrogen and oxygen atoms in total. The topological polar surface area (TPSA) is 72.5 Å². The first-order valence-corrected chi connectivity index (χ1v) is 6.32. The van der Waals surface area contributed by atoms with Crippen molar-refractivity contribution in [2.24, 2.45) is 5.73 Å². The molecule has 1 aromatic rings. The summed E-state index contributed by atoms with van der Waals surface area (Å²) in [5.74, 6) is 0. The highest BCUT2D eigenvalue weighted by atomic mass is 35.5. The van der Waals surface area contributed by atoms with Gasteiger partial charge in [-0.1, -0.05) is 43.1 Å². The van der Waals surface area contributed by atoms with Gasteiger partial charge >= 0.3 is 6.09 Å². The van der Waals surface area contributed by atoms with E-state index in [4.69, 9.17) is 22.1 Å². The van der Waals surface area contributed by atoms with Crippen molar-refractivity contribution in [2.45, 2.75) is 38.4 Å². The number of nitrogens with two attached hydrogens (primary N) is 1. The molecule has 1 rings (SSSR count). The van der Waals surface area contributed by atoms with Crippen LogP contribution in [0.4, 0.5) is 4.79 Å². The Morgan fingerprint density at radius 2 is 2.17 bits per heavy atom. The lowest BCUT2D eigenvalue weighted by molar-refractivity contribution is -0.000250. The van der Waals surface area contributed by atoms with Gasteiger partial charge in [-0.05, 0) is 18.9 Å². The van der Waals surface area contributed by atoms with Crippen LogP contribution in [0.2, 0.25) is 5.02 Å². The second-order valence-corrected chi connectivity index (χ2v) is 4.49. The van der Waals surface area contributed by atoms with Gasteiger partial charge in [0.1, 0.15) is 12.2 Å². The Kier molecular flexibility index (Phi) is 5.95. The van der Waals surface area contributed by atoms with Crippen molar-refractivity contribution in [2.75, 3.05) is 0 Å². The fourth-order valence-electron chi connectivity index (χ4n) is 1.75. The third kappa shape index (κ3) is 4.20. The molecule has 0 radical (unpaired) electrons. The lowest BCUT2D eigenvalue weighted by atomic mass is 10.00. The van der Waals surface area contributed by atoms with Crippen LogP contribution in [0.25, 0.3) is 0 Å². The maximum Gasteiger partial charge on any atom is 0.404 e. The first-order valence-electron chi connectivity index (χ1n) is 5.94. The second-order valence-electron chi connectivity index (χ2n) is 4.08. The van der Waals surface area contributed by atoms with Gasteiger partial charge in [0.05, 0.1) is 0 Å². The van der Waals surface area contributed by atoms with Gasteiger partial charge in [0.15, 0.2) is 0 Å². The highest BCUT2D eigenvalue weighted by molar-refractivity contribution is 6.31. The minimum atomic E-state index is -0.960. The van der Waals surface area contributed by atoms with Gasteiger partial charge < -0.3 is 15.6 Å². The van der Waals surface area contributed by atoms with Crippen LogP contribution in [0.15, 0.2) is 24.3 Å². The lowest BCUT2D eigenvalue weighted by Crippen LogP contribution is -2.28. The third-order valence-electron chi connectivity index (χ3n) is 2.69. The van der Waals surface area contributed by atoms with Crippen molar-refractivity contribution in [3.63, 3.8) is 0 Å². The van der Waals surface area contributed by atoms with Gasteiger partial charge in [-0.2, -0.15) is 0 Å². The molecule has 1 amide bonds. The minimum absolute atomic E-state index is 0.444. The number of hydrogen-bond donors (Lipinski definition) is 2. The van der Waals surface area contributed by atoms with Crippen LogP contribution in [0.3, 0.4) is 0 Å². The fourth-order valence-corrected chi connectivity index (χ4v) is 2.00. The SMILES string of the molecule is CCCCC(OC(N)=O)[C@@H](O)c1ccccc1Cl. The number of hydrogen-bond acceptors (Lipinski definition) is 3. The van der Waals surface area contributed by atoms with E-state index in [0.717, 1.165) is 12.8 Å². The summed E-state index contributed by atoms with van der Waals surface area (Å²) in [5.41, 5.74) is 5.56. The Morgan fingerprint density at radius 3 is 2.72 bits per heavy atom. The summed E-state index contributed by atoms with van der Waals surface area (Å²) >= 11 is 6.00. The second kappa shape index (κ2) is 7.24. The number of halogens is 1. The van der Waals surface area contributed by atoms with Gasteiger partial charge in [0.25, 0.3) is 0 Å². The van der Waals surface area contributed by atoms with E-state index in [1.807, 2.05) is 6.92 Å². The van der Waals surface area contributed by atoms with Crippen LogP contribution >= 0.6 is 11.6 Å². The molecule has 100 valence electrons. The molecule has 0 fully saturated rings. The minimum Gasteiger partial charge on any atom is -0.443 e. The van der Waals surface area contributed by atoms with Gasteiger partial charge in [0, 0.05) is 10.6 Å². The van der Waals surface area contributed by atoms with E-state index >= 15 is 0 Å². The number of primary amides is 1. The summed E-state index contributed by atoms with van der Waals surface area (Å²) in [6.45, 7) is 2.02. The van der Waals surface area contributed by atoms with E-state index in [0.29, 0.717) is 17.0 Å². The van der Waals surface area contributed by atoms with E-state index in [1.165, 1.54) is 0 Å². The van der Waals surface area contributed by atoms with Gasteiger partial charge in [-0.15, -0.1) is 0 Å². The molecule has 0 heterocycles. The number of aliphatic hydroxyl groups is 1. The average molecular weight is 272 g/mol. The molecule has 2 atom stereocenters. The van der Waals surface area contributed by atoms with Gasteiger partial charge in [-0.3, -0.25) is 0 Å². The third-order valence-corrected chi connectivity index (χ3v) is 3.03. The highest BCUT2D eigenvalue weighted by Crippen LogP contribution is 2.28. The molecule has 1 aromatic carbocycles. The van der Waals surface area contributed by atoms with Crippen molar-refractivity contribution < 1.29 is 14.6 Å². The number of aliphatic hydroxyl groups excluding tert-OH is 1. The Labute approximate surface area is 112 Å². The Hall–Kier alpha value is -1.26. The van der Waals surface area contributed by atoms with E-state index in [1.54, 1.807) is 24.3 Å². The van der Waals surface area contributed by atoms with Gasteiger partial charge in [0.2, 0.25) is 0 Å². The van der Waals surface area contributed by atoms with Crippen LogP contribution < -0.4 is 5.73 Å². The number of unbranched alkanes of at least 4 members (excludes halogenated alkanes) is 1. The Morgan fingerprint density at radius 1 is 1.50 bits per heavy atom. The van der Waals surface area contributed by atoms with E-state index in [-0.39, 0.29) is 0 Å².